The van der Waals surface area contributed by atoms with Crippen molar-refractivity contribution in [2.24, 2.45) is 17.6 Å². The van der Waals surface area contributed by atoms with Crippen LogP contribution in [0.1, 0.15) is 109 Å². The zero-order valence-corrected chi connectivity index (χ0v) is 40.7. The largest absolute Gasteiger partial charge is 0.355 e. The van der Waals surface area contributed by atoms with Crippen LogP contribution in [0.25, 0.3) is 0 Å². The molecule has 0 aromatic carbocycles. The van der Waals surface area contributed by atoms with Gasteiger partial charge in [-0.05, 0) is 96.4 Å². The van der Waals surface area contributed by atoms with Gasteiger partial charge in [0.2, 0.25) is 47.3 Å². The summed E-state index contributed by atoms with van der Waals surface area (Å²) in [6, 6.07) is -5.73. The van der Waals surface area contributed by atoms with Gasteiger partial charge in [-0.1, -0.05) is 6.42 Å². The maximum Gasteiger partial charge on any atom is 0.259 e. The van der Waals surface area contributed by atoms with Gasteiger partial charge in [0.1, 0.15) is 36.0 Å². The zero-order valence-electron chi connectivity index (χ0n) is 38.2. The van der Waals surface area contributed by atoms with Crippen molar-refractivity contribution in [1.29, 1.82) is 0 Å². The van der Waals surface area contributed by atoms with Crippen LogP contribution in [-0.2, 0) is 47.9 Å². The van der Waals surface area contributed by atoms with Crippen molar-refractivity contribution >= 4 is 59.1 Å². The molecule has 4 bridgehead atoms. The number of carbonyl (C=O) groups excluding carboxylic acids is 10. The Morgan fingerprint density at radius 3 is 1.43 bits per heavy atom. The van der Waals surface area contributed by atoms with Crippen molar-refractivity contribution in [3.63, 3.8) is 0 Å². The Kier molecular flexibility index (Phi) is 22.9. The van der Waals surface area contributed by atoms with Crippen molar-refractivity contribution in [2.75, 3.05) is 52.4 Å². The molecule has 0 saturated carbocycles. The number of piperidine rings is 4. The van der Waals surface area contributed by atoms with Gasteiger partial charge in [0.25, 0.3) is 11.8 Å². The number of nitrogens with two attached hydrogens (primary N) is 1. The summed E-state index contributed by atoms with van der Waals surface area (Å²) in [6.45, 7) is 0.497. The number of hydrogen-bond acceptors (Lipinski definition) is 15. The van der Waals surface area contributed by atoms with Crippen molar-refractivity contribution in [3.8, 4) is 0 Å². The van der Waals surface area contributed by atoms with Crippen molar-refractivity contribution in [3.05, 3.63) is 0 Å². The monoisotopic (exact) mass is 1100 g/mol. The standard InChI is InChI=1S/C42H67N11O14.Eu/c43-18-2-1-9-26-25-46-37(58)29-16-14-27(39(60)52(29)66)35(56)44-19-7-23-48(41(62)31-10-5-12-33(54)50(31)64)21-3-4-22-49(42(63)32-11-6-13-34(55)51(32)65)24-8-20-45-36(57)28-15-17-30(38(59)47-26)53(67)40(28)61;/h26-32,64-67H,1-25,43H2,(H,44,56)(H,45,57)(H,46,58)(H,47,59);/t26-,27?,28?,29?,30?,31?,32?;/m0./s1. The summed E-state index contributed by atoms with van der Waals surface area (Å²) in [5, 5.41) is 54.6. The fourth-order valence-corrected chi connectivity index (χ4v) is 9.21. The summed E-state index contributed by atoms with van der Waals surface area (Å²) in [6.07, 6.45) is 3.39. The van der Waals surface area contributed by atoms with E-state index < -0.39 is 101 Å². The molecule has 381 valence electrons. The van der Waals surface area contributed by atoms with Crippen LogP contribution in [0.5, 0.6) is 0 Å². The summed E-state index contributed by atoms with van der Waals surface area (Å²) in [4.78, 5) is 135. The Labute approximate surface area is 434 Å². The third kappa shape index (κ3) is 14.8. The number of hydrogen-bond donors (Lipinski definition) is 9. The fourth-order valence-electron chi connectivity index (χ4n) is 9.21. The van der Waals surface area contributed by atoms with Gasteiger partial charge < -0.3 is 36.8 Å². The number of hydroxylamine groups is 8. The third-order valence-corrected chi connectivity index (χ3v) is 13.2. The van der Waals surface area contributed by atoms with Crippen LogP contribution in [0.3, 0.4) is 0 Å². The first-order chi connectivity index (χ1) is 32.0. The van der Waals surface area contributed by atoms with Gasteiger partial charge >= 0.3 is 0 Å². The molecule has 7 rings (SSSR count). The predicted molar refractivity (Wildman–Crippen MR) is 228 cm³/mol. The van der Waals surface area contributed by atoms with E-state index in [9.17, 15) is 68.8 Å². The summed E-state index contributed by atoms with van der Waals surface area (Å²) in [5.41, 5.74) is 5.66. The van der Waals surface area contributed by atoms with Gasteiger partial charge in [0.15, 0.2) is 0 Å². The Hall–Kier alpha value is -3.92. The number of nitrogens with zero attached hydrogens (tertiary/aromatic N) is 6. The molecule has 0 aromatic heterocycles. The van der Waals surface area contributed by atoms with E-state index >= 15 is 0 Å². The maximum atomic E-state index is 13.8. The summed E-state index contributed by atoms with van der Waals surface area (Å²) < 4.78 is 0. The van der Waals surface area contributed by atoms with Crippen LogP contribution in [0, 0.1) is 61.2 Å². The molecule has 7 heterocycles. The van der Waals surface area contributed by atoms with E-state index in [-0.39, 0.29) is 170 Å². The first-order valence-electron chi connectivity index (χ1n) is 23.5. The molecule has 7 aliphatic heterocycles. The minimum absolute atomic E-state index is 0. The van der Waals surface area contributed by atoms with Gasteiger partial charge in [-0.25, -0.2) is 20.3 Å². The number of nitrogens with one attached hydrogen (secondary N) is 4. The summed E-state index contributed by atoms with van der Waals surface area (Å²) in [5.74, 6) is -9.85. The van der Waals surface area contributed by atoms with Crippen molar-refractivity contribution < 1.29 is 118 Å². The summed E-state index contributed by atoms with van der Waals surface area (Å²) in [7, 11) is 0. The van der Waals surface area contributed by atoms with Gasteiger partial charge in [-0.15, -0.1) is 0 Å². The van der Waals surface area contributed by atoms with Crippen molar-refractivity contribution in [2.45, 2.75) is 139 Å². The van der Waals surface area contributed by atoms with E-state index in [1.165, 1.54) is 9.80 Å². The van der Waals surface area contributed by atoms with Crippen LogP contribution in [0.4, 0.5) is 0 Å². The minimum atomic E-state index is -1.36. The molecule has 7 saturated heterocycles. The second kappa shape index (κ2) is 27.5. The zero-order chi connectivity index (χ0) is 48.8. The first-order valence-corrected chi connectivity index (χ1v) is 23.5. The van der Waals surface area contributed by atoms with Gasteiger partial charge in [-0.2, -0.15) is 0 Å². The van der Waals surface area contributed by atoms with Crippen LogP contribution in [-0.4, -0.2) is 193 Å². The molecule has 0 spiro atoms. The molecule has 6 unspecified atom stereocenters. The molecule has 7 fully saturated rings. The SMILES string of the molecule is NCCCC[C@H]1CNC(=O)C2CCC(C(=O)NCCCN(C(=O)C3CCCC(=O)N3O)CCCCN(C(=O)C3CCCC(=O)N3O)CCCNC(=O)C3CCC(C(=O)N1)N(O)C3=O)C(=O)N2O.[Eu]. The van der Waals surface area contributed by atoms with Gasteiger partial charge in [0, 0.05) is 114 Å². The summed E-state index contributed by atoms with van der Waals surface area (Å²) >= 11 is 0. The second-order valence-electron chi connectivity index (χ2n) is 17.8. The fraction of sp³-hybridized carbons (Fsp3) is 0.762. The third-order valence-electron chi connectivity index (χ3n) is 13.2. The van der Waals surface area contributed by atoms with E-state index in [1.807, 2.05) is 0 Å². The van der Waals surface area contributed by atoms with E-state index in [0.717, 1.165) is 0 Å². The van der Waals surface area contributed by atoms with E-state index in [2.05, 4.69) is 21.3 Å². The average molecular weight is 1100 g/mol. The molecule has 25 nitrogen and oxygen atoms in total. The first kappa shape index (κ1) is 56.7. The smallest absolute Gasteiger partial charge is 0.259 e. The van der Waals surface area contributed by atoms with E-state index in [0.29, 0.717) is 61.6 Å². The number of carbonyl (C=O) groups is 10. The minimum Gasteiger partial charge on any atom is -0.355 e. The second-order valence-corrected chi connectivity index (χ2v) is 17.8. The Morgan fingerprint density at radius 1 is 0.529 bits per heavy atom. The van der Waals surface area contributed by atoms with Crippen molar-refractivity contribution in [1.82, 2.24) is 51.3 Å². The van der Waals surface area contributed by atoms with Crippen LogP contribution >= 0.6 is 0 Å². The number of amides is 10. The van der Waals surface area contributed by atoms with E-state index in [1.54, 1.807) is 0 Å². The number of rotatable bonds is 6. The van der Waals surface area contributed by atoms with Gasteiger partial charge in [0.05, 0.1) is 0 Å². The quantitative estimate of drug-likeness (QED) is 0.0769. The van der Waals surface area contributed by atoms with Crippen LogP contribution in [0.2, 0.25) is 0 Å². The predicted octanol–water partition coefficient (Wildman–Crippen LogP) is -2.29. The van der Waals surface area contributed by atoms with Crippen LogP contribution < -0.4 is 27.0 Å². The molecular formula is C42H67EuN11O14. The van der Waals surface area contributed by atoms with Crippen LogP contribution in [0.15, 0.2) is 0 Å². The van der Waals surface area contributed by atoms with E-state index in [4.69, 9.17) is 5.73 Å². The normalized spacial score (nSPS) is 28.6. The van der Waals surface area contributed by atoms with Gasteiger partial charge in [-0.3, -0.25) is 68.8 Å². The number of fused-ring (bicyclic) bond motifs is 2. The molecule has 0 aromatic rings. The number of unbranched alkanes of at least 4 members (excludes halogenated alkanes) is 1. The Balaban J connectivity index is 0.0000101. The Bertz CT molecular complexity index is 1850. The average Bonchev–Trinajstić information content (AvgIpc) is 3.30. The molecule has 10 amide bonds. The molecule has 10 N–H and O–H groups in total. The molecule has 0 aliphatic carbocycles. The molecule has 7 atom stereocenters. The molecule has 1 radical (unpaired) electrons. The molecule has 26 heteroatoms. The topological polar surface area (TPSA) is 345 Å². The molecular weight excluding hydrogens is 1030 g/mol. The molecule has 68 heavy (non-hydrogen) atoms. The Morgan fingerprint density at radius 2 is 0.971 bits per heavy atom. The maximum absolute atomic E-state index is 13.8. The molecule has 7 aliphatic rings.